The second kappa shape index (κ2) is 6.56. The van der Waals surface area contributed by atoms with Crippen LogP contribution in [0.25, 0.3) is 0 Å². The third-order valence-electron chi connectivity index (χ3n) is 3.94. The molecule has 1 fully saturated rings. The van der Waals surface area contributed by atoms with E-state index in [9.17, 15) is 0 Å². The van der Waals surface area contributed by atoms with Crippen LogP contribution >= 0.6 is 15.9 Å². The first kappa shape index (κ1) is 16.0. The second-order valence-electron chi connectivity index (χ2n) is 6.15. The van der Waals surface area contributed by atoms with Crippen LogP contribution in [0.3, 0.4) is 0 Å². The lowest BCUT2D eigenvalue weighted by Crippen LogP contribution is -2.52. The van der Waals surface area contributed by atoms with Gasteiger partial charge < -0.3 is 10.5 Å². The lowest BCUT2D eigenvalue weighted by Gasteiger charge is -2.44. The van der Waals surface area contributed by atoms with E-state index < -0.39 is 0 Å². The molecule has 1 heterocycles. The van der Waals surface area contributed by atoms with E-state index in [-0.39, 0.29) is 17.7 Å². The quantitative estimate of drug-likeness (QED) is 0.913. The normalized spacial score (nSPS) is 22.4. The largest absolute Gasteiger partial charge is 0.373 e. The summed E-state index contributed by atoms with van der Waals surface area (Å²) >= 11 is 3.50. The number of rotatable bonds is 4. The molecule has 1 saturated heterocycles. The minimum Gasteiger partial charge on any atom is -0.373 e. The van der Waals surface area contributed by atoms with Crippen molar-refractivity contribution in [2.75, 3.05) is 19.7 Å². The molecule has 0 radical (unpaired) electrons. The molecule has 112 valence electrons. The zero-order chi connectivity index (χ0) is 14.8. The van der Waals surface area contributed by atoms with Gasteiger partial charge in [-0.15, -0.1) is 0 Å². The molecule has 0 aromatic heterocycles. The van der Waals surface area contributed by atoms with Crippen LogP contribution in [0.1, 0.15) is 38.8 Å². The van der Waals surface area contributed by atoms with E-state index in [4.69, 9.17) is 10.5 Å². The number of nitrogens with two attached hydrogens (primary N) is 1. The van der Waals surface area contributed by atoms with E-state index in [0.717, 1.165) is 30.6 Å². The molecule has 0 bridgehead atoms. The maximum absolute atomic E-state index is 6.41. The summed E-state index contributed by atoms with van der Waals surface area (Å²) in [6, 6.07) is 8.94. The highest BCUT2D eigenvalue weighted by Gasteiger charge is 2.34. The number of halogens is 1. The topological polar surface area (TPSA) is 38.5 Å². The predicted molar refractivity (Wildman–Crippen MR) is 86.8 cm³/mol. The van der Waals surface area contributed by atoms with Gasteiger partial charge in [0.1, 0.15) is 0 Å². The summed E-state index contributed by atoms with van der Waals surface area (Å²) in [5, 5.41) is 0. The molecule has 2 N–H and O–H groups in total. The summed E-state index contributed by atoms with van der Waals surface area (Å²) in [7, 11) is 0. The number of morpholine rings is 1. The first-order valence-electron chi connectivity index (χ1n) is 7.32. The van der Waals surface area contributed by atoms with Crippen molar-refractivity contribution in [1.82, 2.24) is 4.90 Å². The van der Waals surface area contributed by atoms with E-state index in [2.05, 4.69) is 65.9 Å². The van der Waals surface area contributed by atoms with Gasteiger partial charge in [-0.3, -0.25) is 4.90 Å². The second-order valence-corrected chi connectivity index (χ2v) is 7.06. The van der Waals surface area contributed by atoms with Gasteiger partial charge in [0.2, 0.25) is 0 Å². The molecule has 1 aliphatic rings. The highest BCUT2D eigenvalue weighted by molar-refractivity contribution is 9.10. The Morgan fingerprint density at radius 3 is 2.55 bits per heavy atom. The maximum Gasteiger partial charge on any atom is 0.0753 e. The Balaban J connectivity index is 2.25. The molecule has 1 aromatic carbocycles. The molecule has 0 saturated carbocycles. The SMILES string of the molecule is CCC(N)C(c1ccc(Br)cc1)N1CCOC(C)(C)C1. The summed E-state index contributed by atoms with van der Waals surface area (Å²) in [5.74, 6) is 0. The molecule has 2 rings (SSSR count). The molecule has 0 amide bonds. The Hall–Kier alpha value is -0.420. The summed E-state index contributed by atoms with van der Waals surface area (Å²) in [4.78, 5) is 2.47. The molecular formula is C16H25BrN2O. The van der Waals surface area contributed by atoms with Gasteiger partial charge in [0.25, 0.3) is 0 Å². The number of hydrogen-bond donors (Lipinski definition) is 1. The van der Waals surface area contributed by atoms with E-state index in [0.29, 0.717) is 0 Å². The van der Waals surface area contributed by atoms with Crippen molar-refractivity contribution < 1.29 is 4.74 Å². The van der Waals surface area contributed by atoms with Crippen LogP contribution in [0.5, 0.6) is 0 Å². The Morgan fingerprint density at radius 2 is 2.00 bits per heavy atom. The van der Waals surface area contributed by atoms with Crippen molar-refractivity contribution in [1.29, 1.82) is 0 Å². The van der Waals surface area contributed by atoms with Crippen molar-refractivity contribution in [3.63, 3.8) is 0 Å². The van der Waals surface area contributed by atoms with Gasteiger partial charge >= 0.3 is 0 Å². The molecule has 1 aliphatic heterocycles. The predicted octanol–water partition coefficient (Wildman–Crippen LogP) is 3.34. The highest BCUT2D eigenvalue weighted by Crippen LogP contribution is 2.30. The number of hydrogen-bond acceptors (Lipinski definition) is 3. The Labute approximate surface area is 130 Å². The highest BCUT2D eigenvalue weighted by atomic mass is 79.9. The average Bonchev–Trinajstić information content (AvgIpc) is 2.40. The number of benzene rings is 1. The third-order valence-corrected chi connectivity index (χ3v) is 4.47. The summed E-state index contributed by atoms with van der Waals surface area (Å²) in [6.45, 7) is 9.09. The zero-order valence-electron chi connectivity index (χ0n) is 12.6. The number of nitrogens with zero attached hydrogens (tertiary/aromatic N) is 1. The molecule has 0 spiro atoms. The molecule has 2 unspecified atom stereocenters. The minimum absolute atomic E-state index is 0.0979. The third kappa shape index (κ3) is 3.82. The van der Waals surface area contributed by atoms with Crippen LogP contribution in [-0.4, -0.2) is 36.2 Å². The van der Waals surface area contributed by atoms with Gasteiger partial charge in [-0.25, -0.2) is 0 Å². The van der Waals surface area contributed by atoms with Crippen LogP contribution in [0.15, 0.2) is 28.7 Å². The van der Waals surface area contributed by atoms with Crippen molar-refractivity contribution in [2.24, 2.45) is 5.73 Å². The minimum atomic E-state index is -0.0979. The maximum atomic E-state index is 6.41. The van der Waals surface area contributed by atoms with Gasteiger partial charge in [0.05, 0.1) is 18.2 Å². The average molecular weight is 341 g/mol. The summed E-state index contributed by atoms with van der Waals surface area (Å²) in [5.41, 5.74) is 7.61. The molecule has 0 aliphatic carbocycles. The monoisotopic (exact) mass is 340 g/mol. The first-order chi connectivity index (χ1) is 9.43. The Kier molecular flexibility index (Phi) is 5.24. The summed E-state index contributed by atoms with van der Waals surface area (Å²) < 4.78 is 6.93. The lowest BCUT2D eigenvalue weighted by atomic mass is 9.94. The van der Waals surface area contributed by atoms with Crippen LogP contribution < -0.4 is 5.73 Å². The molecule has 3 nitrogen and oxygen atoms in total. The van der Waals surface area contributed by atoms with Gasteiger partial charge in [-0.2, -0.15) is 0 Å². The van der Waals surface area contributed by atoms with Crippen molar-refractivity contribution in [2.45, 2.75) is 44.9 Å². The van der Waals surface area contributed by atoms with E-state index in [1.807, 2.05) is 0 Å². The van der Waals surface area contributed by atoms with Crippen LogP contribution in [0.2, 0.25) is 0 Å². The van der Waals surface area contributed by atoms with Crippen molar-refractivity contribution in [3.8, 4) is 0 Å². The smallest absolute Gasteiger partial charge is 0.0753 e. The molecule has 20 heavy (non-hydrogen) atoms. The lowest BCUT2D eigenvalue weighted by molar-refractivity contribution is -0.100. The van der Waals surface area contributed by atoms with Gasteiger partial charge in [0, 0.05) is 23.6 Å². The Morgan fingerprint density at radius 1 is 1.35 bits per heavy atom. The standard InChI is InChI=1S/C16H25BrN2O/c1-4-14(18)15(12-5-7-13(17)8-6-12)19-9-10-20-16(2,3)11-19/h5-8,14-15H,4,9-11,18H2,1-3H3. The summed E-state index contributed by atoms with van der Waals surface area (Å²) in [6.07, 6.45) is 0.971. The fourth-order valence-electron chi connectivity index (χ4n) is 2.90. The van der Waals surface area contributed by atoms with Gasteiger partial charge in [0.15, 0.2) is 0 Å². The van der Waals surface area contributed by atoms with Gasteiger partial charge in [-0.1, -0.05) is 35.0 Å². The number of ether oxygens (including phenoxy) is 1. The molecule has 1 aromatic rings. The van der Waals surface area contributed by atoms with Crippen molar-refractivity contribution >= 4 is 15.9 Å². The molecule has 2 atom stereocenters. The van der Waals surface area contributed by atoms with Crippen LogP contribution in [-0.2, 0) is 4.74 Å². The van der Waals surface area contributed by atoms with E-state index in [1.165, 1.54) is 5.56 Å². The Bertz CT molecular complexity index is 433. The molecular weight excluding hydrogens is 316 g/mol. The first-order valence-corrected chi connectivity index (χ1v) is 8.11. The van der Waals surface area contributed by atoms with Crippen LogP contribution in [0, 0.1) is 0 Å². The fraction of sp³-hybridized carbons (Fsp3) is 0.625. The van der Waals surface area contributed by atoms with Gasteiger partial charge in [-0.05, 0) is 38.0 Å². The fourth-order valence-corrected chi connectivity index (χ4v) is 3.17. The van der Waals surface area contributed by atoms with E-state index >= 15 is 0 Å². The van der Waals surface area contributed by atoms with E-state index in [1.54, 1.807) is 0 Å². The zero-order valence-corrected chi connectivity index (χ0v) is 14.2. The molecule has 4 heteroatoms. The van der Waals surface area contributed by atoms with Crippen LogP contribution in [0.4, 0.5) is 0 Å². The van der Waals surface area contributed by atoms with Crippen molar-refractivity contribution in [3.05, 3.63) is 34.3 Å².